The SMILES string of the molecule is CC(NCCCOCC1CCCO1)C1CCCC1. The summed E-state index contributed by atoms with van der Waals surface area (Å²) < 4.78 is 11.2. The minimum absolute atomic E-state index is 0.371. The molecule has 18 heavy (non-hydrogen) atoms. The van der Waals surface area contributed by atoms with Gasteiger partial charge in [-0.25, -0.2) is 0 Å². The number of nitrogens with one attached hydrogen (secondary N) is 1. The van der Waals surface area contributed by atoms with Crippen LogP contribution in [0, 0.1) is 5.92 Å². The van der Waals surface area contributed by atoms with Gasteiger partial charge in [-0.3, -0.25) is 0 Å². The Morgan fingerprint density at radius 3 is 2.78 bits per heavy atom. The minimum Gasteiger partial charge on any atom is -0.379 e. The van der Waals surface area contributed by atoms with Crippen LogP contribution < -0.4 is 5.32 Å². The summed E-state index contributed by atoms with van der Waals surface area (Å²) in [5.41, 5.74) is 0. The molecule has 106 valence electrons. The number of rotatable bonds is 8. The van der Waals surface area contributed by atoms with Crippen LogP contribution in [0.25, 0.3) is 0 Å². The van der Waals surface area contributed by atoms with Gasteiger partial charge in [-0.05, 0) is 51.5 Å². The second-order valence-electron chi connectivity index (χ2n) is 5.85. The maximum Gasteiger partial charge on any atom is 0.0809 e. The zero-order valence-electron chi connectivity index (χ0n) is 11.8. The maximum absolute atomic E-state index is 5.66. The van der Waals surface area contributed by atoms with Gasteiger partial charge in [-0.15, -0.1) is 0 Å². The summed E-state index contributed by atoms with van der Waals surface area (Å²) in [6, 6.07) is 0.686. The quantitative estimate of drug-likeness (QED) is 0.677. The van der Waals surface area contributed by atoms with Gasteiger partial charge in [0.2, 0.25) is 0 Å². The molecule has 3 nitrogen and oxygen atoms in total. The molecule has 1 saturated heterocycles. The van der Waals surface area contributed by atoms with E-state index in [9.17, 15) is 0 Å². The molecule has 2 atom stereocenters. The Hall–Kier alpha value is -0.120. The molecule has 1 N–H and O–H groups in total. The van der Waals surface area contributed by atoms with Crippen LogP contribution in [0.2, 0.25) is 0 Å². The molecule has 2 aliphatic rings. The molecular formula is C15H29NO2. The van der Waals surface area contributed by atoms with Gasteiger partial charge in [-0.2, -0.15) is 0 Å². The van der Waals surface area contributed by atoms with Crippen molar-refractivity contribution in [2.75, 3.05) is 26.4 Å². The Balaban J connectivity index is 1.40. The van der Waals surface area contributed by atoms with E-state index in [0.29, 0.717) is 12.1 Å². The highest BCUT2D eigenvalue weighted by Crippen LogP contribution is 2.27. The lowest BCUT2D eigenvalue weighted by molar-refractivity contribution is 0.0165. The molecule has 0 aromatic rings. The van der Waals surface area contributed by atoms with E-state index in [1.807, 2.05) is 0 Å². The highest BCUT2D eigenvalue weighted by molar-refractivity contribution is 4.77. The fourth-order valence-corrected chi connectivity index (χ4v) is 3.12. The van der Waals surface area contributed by atoms with Crippen LogP contribution in [0.15, 0.2) is 0 Å². The lowest BCUT2D eigenvalue weighted by atomic mass is 10.00. The molecule has 1 aliphatic heterocycles. The molecule has 0 radical (unpaired) electrons. The normalized spacial score (nSPS) is 26.8. The summed E-state index contributed by atoms with van der Waals surface area (Å²) in [6.07, 6.45) is 9.57. The zero-order chi connectivity index (χ0) is 12.6. The molecule has 2 unspecified atom stereocenters. The van der Waals surface area contributed by atoms with E-state index in [1.54, 1.807) is 0 Å². The molecule has 0 aromatic heterocycles. The van der Waals surface area contributed by atoms with Crippen LogP contribution >= 0.6 is 0 Å². The van der Waals surface area contributed by atoms with Crippen LogP contribution in [0.5, 0.6) is 0 Å². The molecule has 0 spiro atoms. The Kier molecular flexibility index (Phi) is 6.46. The molecule has 2 rings (SSSR count). The van der Waals surface area contributed by atoms with E-state index in [0.717, 1.165) is 38.7 Å². The van der Waals surface area contributed by atoms with Gasteiger partial charge < -0.3 is 14.8 Å². The van der Waals surface area contributed by atoms with E-state index in [1.165, 1.54) is 38.5 Å². The Bertz CT molecular complexity index is 211. The first kappa shape index (κ1) is 14.3. The van der Waals surface area contributed by atoms with E-state index >= 15 is 0 Å². The second-order valence-corrected chi connectivity index (χ2v) is 5.85. The van der Waals surface area contributed by atoms with Crippen LogP contribution in [-0.2, 0) is 9.47 Å². The maximum atomic E-state index is 5.66. The molecule has 2 fully saturated rings. The number of hydrogen-bond donors (Lipinski definition) is 1. The van der Waals surface area contributed by atoms with Gasteiger partial charge in [0.25, 0.3) is 0 Å². The van der Waals surface area contributed by atoms with Crippen LogP contribution in [0.3, 0.4) is 0 Å². The summed E-state index contributed by atoms with van der Waals surface area (Å²) in [6.45, 7) is 6.00. The van der Waals surface area contributed by atoms with Crippen molar-refractivity contribution in [3.8, 4) is 0 Å². The Labute approximate surface area is 112 Å². The van der Waals surface area contributed by atoms with E-state index in [4.69, 9.17) is 9.47 Å². The molecule has 0 amide bonds. The third kappa shape index (κ3) is 4.87. The van der Waals surface area contributed by atoms with Crippen molar-refractivity contribution in [2.24, 2.45) is 5.92 Å². The van der Waals surface area contributed by atoms with Crippen molar-refractivity contribution < 1.29 is 9.47 Å². The van der Waals surface area contributed by atoms with Crippen LogP contribution in [-0.4, -0.2) is 38.5 Å². The first-order valence-electron chi connectivity index (χ1n) is 7.79. The van der Waals surface area contributed by atoms with Gasteiger partial charge in [0.1, 0.15) is 0 Å². The first-order chi connectivity index (χ1) is 8.86. The lowest BCUT2D eigenvalue weighted by Gasteiger charge is -2.20. The number of hydrogen-bond acceptors (Lipinski definition) is 3. The Morgan fingerprint density at radius 2 is 2.06 bits per heavy atom. The van der Waals surface area contributed by atoms with Crippen molar-refractivity contribution >= 4 is 0 Å². The van der Waals surface area contributed by atoms with Gasteiger partial charge in [0.15, 0.2) is 0 Å². The van der Waals surface area contributed by atoms with E-state index in [2.05, 4.69) is 12.2 Å². The van der Waals surface area contributed by atoms with Crippen molar-refractivity contribution in [2.45, 2.75) is 64.0 Å². The highest BCUT2D eigenvalue weighted by atomic mass is 16.5. The Morgan fingerprint density at radius 1 is 1.22 bits per heavy atom. The second kappa shape index (κ2) is 8.13. The molecule has 0 aromatic carbocycles. The summed E-state index contributed by atoms with van der Waals surface area (Å²) in [4.78, 5) is 0. The molecule has 1 aliphatic carbocycles. The van der Waals surface area contributed by atoms with Crippen LogP contribution in [0.4, 0.5) is 0 Å². The average Bonchev–Trinajstić information content (AvgIpc) is 3.05. The van der Waals surface area contributed by atoms with Crippen molar-refractivity contribution in [1.29, 1.82) is 0 Å². The fourth-order valence-electron chi connectivity index (χ4n) is 3.12. The van der Waals surface area contributed by atoms with E-state index in [-0.39, 0.29) is 0 Å². The summed E-state index contributed by atoms with van der Waals surface area (Å²) in [5.74, 6) is 0.915. The van der Waals surface area contributed by atoms with Gasteiger partial charge in [0, 0.05) is 19.3 Å². The third-order valence-corrected chi connectivity index (χ3v) is 4.37. The monoisotopic (exact) mass is 255 g/mol. The predicted octanol–water partition coefficient (Wildman–Crippen LogP) is 2.74. The molecule has 0 bridgehead atoms. The van der Waals surface area contributed by atoms with Crippen LogP contribution in [0.1, 0.15) is 51.9 Å². The third-order valence-electron chi connectivity index (χ3n) is 4.37. The highest BCUT2D eigenvalue weighted by Gasteiger charge is 2.20. The molecule has 3 heteroatoms. The zero-order valence-corrected chi connectivity index (χ0v) is 11.8. The van der Waals surface area contributed by atoms with Gasteiger partial charge >= 0.3 is 0 Å². The van der Waals surface area contributed by atoms with Gasteiger partial charge in [0.05, 0.1) is 12.7 Å². The first-order valence-corrected chi connectivity index (χ1v) is 7.79. The molecular weight excluding hydrogens is 226 g/mol. The lowest BCUT2D eigenvalue weighted by Crippen LogP contribution is -2.33. The van der Waals surface area contributed by atoms with Crippen molar-refractivity contribution in [3.05, 3.63) is 0 Å². The fraction of sp³-hybridized carbons (Fsp3) is 1.00. The van der Waals surface area contributed by atoms with Gasteiger partial charge in [-0.1, -0.05) is 12.8 Å². The molecule has 1 saturated carbocycles. The summed E-state index contributed by atoms with van der Waals surface area (Å²) in [7, 11) is 0. The largest absolute Gasteiger partial charge is 0.379 e. The predicted molar refractivity (Wildman–Crippen MR) is 73.8 cm³/mol. The van der Waals surface area contributed by atoms with E-state index < -0.39 is 0 Å². The smallest absolute Gasteiger partial charge is 0.0809 e. The molecule has 1 heterocycles. The van der Waals surface area contributed by atoms with Crippen molar-refractivity contribution in [3.63, 3.8) is 0 Å². The number of ether oxygens (including phenoxy) is 2. The average molecular weight is 255 g/mol. The summed E-state index contributed by atoms with van der Waals surface area (Å²) >= 11 is 0. The standard InChI is InChI=1S/C15H29NO2/c1-13(14-6-2-3-7-14)16-9-5-10-17-12-15-8-4-11-18-15/h13-16H,2-12H2,1H3. The van der Waals surface area contributed by atoms with Crippen molar-refractivity contribution in [1.82, 2.24) is 5.32 Å². The topological polar surface area (TPSA) is 30.5 Å². The summed E-state index contributed by atoms with van der Waals surface area (Å²) in [5, 5.41) is 3.64. The minimum atomic E-state index is 0.371.